The standard InChI is InChI=1S/C11H12ClN5/c1-17-10(15-16-11(17)14-13)7-4-8-2-5-9(12)6-3-8/h2-7H,13H2,1H3,(H,14,16)/b7-4+. The summed E-state index contributed by atoms with van der Waals surface area (Å²) in [5, 5.41) is 8.56. The molecule has 1 aromatic heterocycles. The van der Waals surface area contributed by atoms with Gasteiger partial charge in [0.1, 0.15) is 0 Å². The third-order valence-electron chi connectivity index (χ3n) is 2.33. The van der Waals surface area contributed by atoms with E-state index in [2.05, 4.69) is 15.6 Å². The zero-order chi connectivity index (χ0) is 12.3. The summed E-state index contributed by atoms with van der Waals surface area (Å²) in [4.78, 5) is 0. The molecule has 0 saturated carbocycles. The zero-order valence-corrected chi connectivity index (χ0v) is 10.0. The summed E-state index contributed by atoms with van der Waals surface area (Å²) in [5.74, 6) is 6.51. The van der Waals surface area contributed by atoms with Crippen LogP contribution in [-0.4, -0.2) is 14.8 Å². The van der Waals surface area contributed by atoms with Crippen molar-refractivity contribution in [1.29, 1.82) is 0 Å². The van der Waals surface area contributed by atoms with E-state index in [0.717, 1.165) is 10.6 Å². The molecule has 0 fully saturated rings. The molecular formula is C11H12ClN5. The van der Waals surface area contributed by atoms with Gasteiger partial charge in [-0.15, -0.1) is 10.2 Å². The topological polar surface area (TPSA) is 68.8 Å². The molecule has 1 heterocycles. The van der Waals surface area contributed by atoms with Crippen LogP contribution in [0.2, 0.25) is 5.02 Å². The molecule has 17 heavy (non-hydrogen) atoms. The van der Waals surface area contributed by atoms with Crippen LogP contribution >= 0.6 is 11.6 Å². The molecule has 0 unspecified atom stereocenters. The Hall–Kier alpha value is -1.85. The maximum absolute atomic E-state index is 5.80. The van der Waals surface area contributed by atoms with Gasteiger partial charge in [-0.3, -0.25) is 9.99 Å². The number of hydrogen-bond donors (Lipinski definition) is 2. The molecule has 0 atom stereocenters. The number of nitrogens with zero attached hydrogens (tertiary/aromatic N) is 3. The molecule has 0 saturated heterocycles. The second-order valence-corrected chi connectivity index (χ2v) is 3.91. The lowest BCUT2D eigenvalue weighted by atomic mass is 10.2. The first-order valence-corrected chi connectivity index (χ1v) is 5.38. The van der Waals surface area contributed by atoms with Crippen molar-refractivity contribution in [1.82, 2.24) is 14.8 Å². The van der Waals surface area contributed by atoms with E-state index >= 15 is 0 Å². The molecule has 0 spiro atoms. The van der Waals surface area contributed by atoms with Gasteiger partial charge in [0.25, 0.3) is 0 Å². The number of rotatable bonds is 3. The average molecular weight is 250 g/mol. The summed E-state index contributed by atoms with van der Waals surface area (Å²) in [6.07, 6.45) is 3.79. The zero-order valence-electron chi connectivity index (χ0n) is 9.26. The Kier molecular flexibility index (Phi) is 3.41. The number of aromatic nitrogens is 3. The van der Waals surface area contributed by atoms with Crippen LogP contribution in [0.4, 0.5) is 5.95 Å². The van der Waals surface area contributed by atoms with Crippen molar-refractivity contribution in [2.24, 2.45) is 12.9 Å². The molecule has 88 valence electrons. The van der Waals surface area contributed by atoms with Crippen molar-refractivity contribution in [2.75, 3.05) is 5.43 Å². The van der Waals surface area contributed by atoms with Crippen LogP contribution < -0.4 is 11.3 Å². The van der Waals surface area contributed by atoms with Crippen LogP contribution in [0.25, 0.3) is 12.2 Å². The Morgan fingerprint density at radius 3 is 2.53 bits per heavy atom. The van der Waals surface area contributed by atoms with E-state index in [9.17, 15) is 0 Å². The first-order valence-electron chi connectivity index (χ1n) is 5.00. The van der Waals surface area contributed by atoms with Gasteiger partial charge in [-0.2, -0.15) is 0 Å². The molecule has 0 radical (unpaired) electrons. The average Bonchev–Trinajstić information content (AvgIpc) is 2.69. The summed E-state index contributed by atoms with van der Waals surface area (Å²) < 4.78 is 1.76. The number of halogens is 1. The van der Waals surface area contributed by atoms with Crippen LogP contribution in [0.1, 0.15) is 11.4 Å². The number of nitrogens with two attached hydrogens (primary N) is 1. The number of nitrogens with one attached hydrogen (secondary N) is 1. The molecule has 1 aromatic carbocycles. The Bertz CT molecular complexity index is 529. The molecule has 5 nitrogen and oxygen atoms in total. The first kappa shape index (κ1) is 11.6. The number of hydrazine groups is 1. The fraction of sp³-hybridized carbons (Fsp3) is 0.0909. The Labute approximate surface area is 104 Å². The minimum Gasteiger partial charge on any atom is -0.296 e. The van der Waals surface area contributed by atoms with E-state index in [0.29, 0.717) is 11.8 Å². The van der Waals surface area contributed by atoms with E-state index in [1.54, 1.807) is 4.57 Å². The van der Waals surface area contributed by atoms with E-state index in [4.69, 9.17) is 17.4 Å². The van der Waals surface area contributed by atoms with Gasteiger partial charge in [0.15, 0.2) is 5.82 Å². The highest BCUT2D eigenvalue weighted by molar-refractivity contribution is 6.30. The lowest BCUT2D eigenvalue weighted by Gasteiger charge is -1.98. The third kappa shape index (κ3) is 2.64. The van der Waals surface area contributed by atoms with E-state index in [1.165, 1.54) is 0 Å². The van der Waals surface area contributed by atoms with E-state index in [-0.39, 0.29) is 0 Å². The highest BCUT2D eigenvalue weighted by Crippen LogP contribution is 2.12. The fourth-order valence-electron chi connectivity index (χ4n) is 1.36. The Morgan fingerprint density at radius 2 is 1.94 bits per heavy atom. The Balaban J connectivity index is 2.20. The fourth-order valence-corrected chi connectivity index (χ4v) is 1.48. The second-order valence-electron chi connectivity index (χ2n) is 3.47. The van der Waals surface area contributed by atoms with Crippen LogP contribution in [0, 0.1) is 0 Å². The summed E-state index contributed by atoms with van der Waals surface area (Å²) in [7, 11) is 1.83. The minimum atomic E-state index is 0.515. The molecule has 2 rings (SSSR count). The highest BCUT2D eigenvalue weighted by atomic mass is 35.5. The maximum atomic E-state index is 5.80. The minimum absolute atomic E-state index is 0.515. The normalized spacial score (nSPS) is 11.0. The summed E-state index contributed by atoms with van der Waals surface area (Å²) in [6.45, 7) is 0. The Morgan fingerprint density at radius 1 is 1.24 bits per heavy atom. The second kappa shape index (κ2) is 4.99. The van der Waals surface area contributed by atoms with Gasteiger partial charge >= 0.3 is 0 Å². The number of anilines is 1. The molecule has 0 bridgehead atoms. The molecule has 0 aliphatic heterocycles. The summed E-state index contributed by atoms with van der Waals surface area (Å²) in [6, 6.07) is 7.53. The predicted octanol–water partition coefficient (Wildman–Crippen LogP) is 1.92. The first-order chi connectivity index (χ1) is 8.20. The lowest BCUT2D eigenvalue weighted by Crippen LogP contribution is -2.11. The van der Waals surface area contributed by atoms with Crippen molar-refractivity contribution in [3.63, 3.8) is 0 Å². The molecule has 0 amide bonds. The van der Waals surface area contributed by atoms with Gasteiger partial charge in [-0.25, -0.2) is 5.84 Å². The predicted molar refractivity (Wildman–Crippen MR) is 69.2 cm³/mol. The van der Waals surface area contributed by atoms with Crippen molar-refractivity contribution < 1.29 is 0 Å². The third-order valence-corrected chi connectivity index (χ3v) is 2.58. The highest BCUT2D eigenvalue weighted by Gasteiger charge is 2.02. The van der Waals surface area contributed by atoms with Crippen molar-refractivity contribution in [3.8, 4) is 0 Å². The lowest BCUT2D eigenvalue weighted by molar-refractivity contribution is 0.895. The van der Waals surface area contributed by atoms with Crippen molar-refractivity contribution in [3.05, 3.63) is 40.7 Å². The van der Waals surface area contributed by atoms with Gasteiger partial charge in [-0.1, -0.05) is 29.8 Å². The van der Waals surface area contributed by atoms with E-state index in [1.807, 2.05) is 43.5 Å². The maximum Gasteiger partial charge on any atom is 0.238 e. The SMILES string of the molecule is Cn1c(/C=C/c2ccc(Cl)cc2)nnc1NN. The summed E-state index contributed by atoms with van der Waals surface area (Å²) in [5.41, 5.74) is 3.50. The van der Waals surface area contributed by atoms with Gasteiger partial charge in [0.2, 0.25) is 5.95 Å². The smallest absolute Gasteiger partial charge is 0.238 e. The molecular weight excluding hydrogens is 238 g/mol. The van der Waals surface area contributed by atoms with Gasteiger partial charge in [-0.05, 0) is 23.8 Å². The summed E-state index contributed by atoms with van der Waals surface area (Å²) >= 11 is 5.80. The van der Waals surface area contributed by atoms with Gasteiger partial charge < -0.3 is 0 Å². The number of benzene rings is 1. The van der Waals surface area contributed by atoms with Crippen LogP contribution in [0.15, 0.2) is 24.3 Å². The largest absolute Gasteiger partial charge is 0.296 e. The van der Waals surface area contributed by atoms with E-state index < -0.39 is 0 Å². The van der Waals surface area contributed by atoms with Crippen molar-refractivity contribution >= 4 is 29.7 Å². The number of hydrogen-bond acceptors (Lipinski definition) is 4. The molecule has 0 aliphatic rings. The van der Waals surface area contributed by atoms with Gasteiger partial charge in [0.05, 0.1) is 0 Å². The molecule has 0 aliphatic carbocycles. The van der Waals surface area contributed by atoms with Crippen LogP contribution in [0.5, 0.6) is 0 Å². The number of nitrogen functional groups attached to an aromatic ring is 1. The van der Waals surface area contributed by atoms with Crippen LogP contribution in [-0.2, 0) is 7.05 Å². The molecule has 6 heteroatoms. The van der Waals surface area contributed by atoms with Crippen LogP contribution in [0.3, 0.4) is 0 Å². The monoisotopic (exact) mass is 249 g/mol. The quantitative estimate of drug-likeness (QED) is 0.644. The van der Waals surface area contributed by atoms with Crippen molar-refractivity contribution in [2.45, 2.75) is 0 Å². The molecule has 2 aromatic rings. The molecule has 3 N–H and O–H groups in total. The van der Waals surface area contributed by atoms with Gasteiger partial charge in [0, 0.05) is 12.1 Å².